The van der Waals surface area contributed by atoms with E-state index < -0.39 is 5.60 Å². The van der Waals surface area contributed by atoms with Gasteiger partial charge >= 0.3 is 0 Å². The van der Waals surface area contributed by atoms with Gasteiger partial charge in [-0.05, 0) is 44.4 Å². The number of fused-ring (bicyclic) bond motifs is 1. The fraction of sp³-hybridized carbons (Fsp3) is 0.500. The number of aromatic nitrogens is 3. The van der Waals surface area contributed by atoms with Crippen LogP contribution in [-0.4, -0.2) is 44.1 Å². The van der Waals surface area contributed by atoms with Crippen molar-refractivity contribution < 1.29 is 5.11 Å². The number of aliphatic hydroxyl groups is 1. The first-order valence-corrected chi connectivity index (χ1v) is 7.69. The molecule has 5 heteroatoms. The zero-order valence-corrected chi connectivity index (χ0v) is 12.0. The molecule has 1 N–H and O–H groups in total. The summed E-state index contributed by atoms with van der Waals surface area (Å²) in [5.74, 6) is 0. The molecule has 2 aliphatic heterocycles. The fourth-order valence-corrected chi connectivity index (χ4v) is 3.79. The lowest BCUT2D eigenvalue weighted by atomic mass is 9.84. The molecule has 21 heavy (non-hydrogen) atoms. The molecule has 0 amide bonds. The van der Waals surface area contributed by atoms with Crippen LogP contribution in [0.15, 0.2) is 36.5 Å². The second-order valence-corrected chi connectivity index (χ2v) is 6.18. The molecular weight excluding hydrogens is 264 g/mol. The van der Waals surface area contributed by atoms with Crippen LogP contribution in [0.25, 0.3) is 5.69 Å². The van der Waals surface area contributed by atoms with Gasteiger partial charge in [0, 0.05) is 12.6 Å². The van der Waals surface area contributed by atoms with E-state index in [4.69, 9.17) is 0 Å². The number of piperidine rings is 1. The Morgan fingerprint density at radius 3 is 2.90 bits per heavy atom. The van der Waals surface area contributed by atoms with Crippen LogP contribution in [-0.2, 0) is 5.60 Å². The Labute approximate surface area is 124 Å². The van der Waals surface area contributed by atoms with Gasteiger partial charge in [-0.15, -0.1) is 5.10 Å². The molecule has 1 aromatic heterocycles. The van der Waals surface area contributed by atoms with Crippen molar-refractivity contribution in [1.82, 2.24) is 19.9 Å². The zero-order valence-electron chi connectivity index (χ0n) is 12.0. The Morgan fingerprint density at radius 2 is 2.05 bits per heavy atom. The Balaban J connectivity index is 1.69. The van der Waals surface area contributed by atoms with Crippen molar-refractivity contribution in [2.45, 2.75) is 37.3 Å². The standard InChI is InChI=1S/C16H20N4O/c21-16(8-10-19-9-4-7-14(19)11-16)15-12-17-18-20(15)13-5-2-1-3-6-13/h1-3,5-6,12,14,21H,4,7-11H2. The summed E-state index contributed by atoms with van der Waals surface area (Å²) < 4.78 is 1.78. The van der Waals surface area contributed by atoms with Gasteiger partial charge in [-0.2, -0.15) is 0 Å². The maximum Gasteiger partial charge on any atom is 0.111 e. The first-order valence-electron chi connectivity index (χ1n) is 7.69. The van der Waals surface area contributed by atoms with Crippen molar-refractivity contribution in [3.8, 4) is 5.69 Å². The fourth-order valence-electron chi connectivity index (χ4n) is 3.79. The van der Waals surface area contributed by atoms with Gasteiger partial charge in [0.25, 0.3) is 0 Å². The molecule has 0 radical (unpaired) electrons. The molecule has 2 aromatic rings. The van der Waals surface area contributed by atoms with E-state index in [2.05, 4.69) is 15.2 Å². The second kappa shape index (κ2) is 4.93. The summed E-state index contributed by atoms with van der Waals surface area (Å²) in [5.41, 5.74) is 0.956. The number of para-hydroxylation sites is 1. The van der Waals surface area contributed by atoms with E-state index >= 15 is 0 Å². The highest BCUT2D eigenvalue weighted by Crippen LogP contribution is 2.39. The largest absolute Gasteiger partial charge is 0.383 e. The van der Waals surface area contributed by atoms with Crippen LogP contribution < -0.4 is 0 Å². The lowest BCUT2D eigenvalue weighted by Crippen LogP contribution is -2.46. The molecule has 1 aromatic carbocycles. The summed E-state index contributed by atoms with van der Waals surface area (Å²) in [5, 5.41) is 19.4. The molecule has 0 aliphatic carbocycles. The summed E-state index contributed by atoms with van der Waals surface area (Å²) in [6, 6.07) is 10.4. The lowest BCUT2D eigenvalue weighted by molar-refractivity contribution is -0.0457. The molecule has 0 bridgehead atoms. The van der Waals surface area contributed by atoms with Gasteiger partial charge in [0.05, 0.1) is 17.6 Å². The van der Waals surface area contributed by atoms with Gasteiger partial charge in [0.2, 0.25) is 0 Å². The second-order valence-electron chi connectivity index (χ2n) is 6.18. The van der Waals surface area contributed by atoms with Gasteiger partial charge < -0.3 is 10.0 Å². The highest BCUT2D eigenvalue weighted by Gasteiger charge is 2.43. The SMILES string of the molecule is OC1(c2cnnn2-c2ccccc2)CCN2CCCC2C1. The molecule has 5 nitrogen and oxygen atoms in total. The topological polar surface area (TPSA) is 54.2 Å². The average molecular weight is 284 g/mol. The molecule has 2 unspecified atom stereocenters. The number of rotatable bonds is 2. The Kier molecular flexibility index (Phi) is 3.05. The quantitative estimate of drug-likeness (QED) is 0.912. The minimum Gasteiger partial charge on any atom is -0.383 e. The molecule has 3 heterocycles. The minimum absolute atomic E-state index is 0.503. The van der Waals surface area contributed by atoms with Crippen LogP contribution in [0.2, 0.25) is 0 Å². The minimum atomic E-state index is -0.815. The highest BCUT2D eigenvalue weighted by atomic mass is 16.3. The number of nitrogens with zero attached hydrogens (tertiary/aromatic N) is 4. The van der Waals surface area contributed by atoms with Crippen molar-refractivity contribution in [2.75, 3.05) is 13.1 Å². The van der Waals surface area contributed by atoms with Crippen LogP contribution in [0.1, 0.15) is 31.4 Å². The van der Waals surface area contributed by atoms with Gasteiger partial charge in [-0.25, -0.2) is 4.68 Å². The van der Waals surface area contributed by atoms with Crippen LogP contribution in [0, 0.1) is 0 Å². The number of hydrogen-bond donors (Lipinski definition) is 1. The van der Waals surface area contributed by atoms with Crippen molar-refractivity contribution in [3.63, 3.8) is 0 Å². The summed E-state index contributed by atoms with van der Waals surface area (Å²) in [6.07, 6.45) is 5.70. The van der Waals surface area contributed by atoms with E-state index in [0.717, 1.165) is 30.8 Å². The third-order valence-electron chi connectivity index (χ3n) is 4.91. The van der Waals surface area contributed by atoms with Gasteiger partial charge in [-0.3, -0.25) is 0 Å². The number of benzene rings is 1. The van der Waals surface area contributed by atoms with Crippen molar-refractivity contribution >= 4 is 0 Å². The monoisotopic (exact) mass is 284 g/mol. The number of hydrogen-bond acceptors (Lipinski definition) is 4. The molecule has 2 aliphatic rings. The van der Waals surface area contributed by atoms with Crippen LogP contribution >= 0.6 is 0 Å². The van der Waals surface area contributed by atoms with E-state index in [1.54, 1.807) is 10.9 Å². The van der Waals surface area contributed by atoms with E-state index in [1.165, 1.54) is 19.4 Å². The summed E-state index contributed by atoms with van der Waals surface area (Å²) >= 11 is 0. The van der Waals surface area contributed by atoms with Crippen molar-refractivity contribution in [2.24, 2.45) is 0 Å². The van der Waals surface area contributed by atoms with Gasteiger partial charge in [0.15, 0.2) is 0 Å². The summed E-state index contributed by atoms with van der Waals surface area (Å²) in [4.78, 5) is 2.51. The maximum absolute atomic E-state index is 11.2. The third-order valence-corrected chi connectivity index (χ3v) is 4.91. The van der Waals surface area contributed by atoms with Crippen LogP contribution in [0.5, 0.6) is 0 Å². The molecular formula is C16H20N4O. The molecule has 0 saturated carbocycles. The molecule has 110 valence electrons. The summed E-state index contributed by atoms with van der Waals surface area (Å²) in [6.45, 7) is 2.14. The lowest BCUT2D eigenvalue weighted by Gasteiger charge is -2.40. The predicted octanol–water partition coefficient (Wildman–Crippen LogP) is 1.71. The van der Waals surface area contributed by atoms with E-state index in [1.807, 2.05) is 30.3 Å². The molecule has 0 spiro atoms. The Bertz CT molecular complexity index is 626. The van der Waals surface area contributed by atoms with E-state index in [-0.39, 0.29) is 0 Å². The third kappa shape index (κ3) is 2.17. The van der Waals surface area contributed by atoms with Crippen molar-refractivity contribution in [1.29, 1.82) is 0 Å². The Hall–Kier alpha value is -1.72. The predicted molar refractivity (Wildman–Crippen MR) is 79.1 cm³/mol. The molecule has 2 saturated heterocycles. The molecule has 4 rings (SSSR count). The molecule has 2 atom stereocenters. The smallest absolute Gasteiger partial charge is 0.111 e. The normalized spacial score (nSPS) is 29.5. The highest BCUT2D eigenvalue weighted by molar-refractivity contribution is 5.33. The first-order chi connectivity index (χ1) is 10.3. The summed E-state index contributed by atoms with van der Waals surface area (Å²) in [7, 11) is 0. The first kappa shape index (κ1) is 13.0. The van der Waals surface area contributed by atoms with Crippen LogP contribution in [0.3, 0.4) is 0 Å². The Morgan fingerprint density at radius 1 is 1.19 bits per heavy atom. The van der Waals surface area contributed by atoms with Crippen LogP contribution in [0.4, 0.5) is 0 Å². The van der Waals surface area contributed by atoms with E-state index in [0.29, 0.717) is 6.04 Å². The van der Waals surface area contributed by atoms with Gasteiger partial charge in [-0.1, -0.05) is 23.4 Å². The van der Waals surface area contributed by atoms with Gasteiger partial charge in [0.1, 0.15) is 5.60 Å². The van der Waals surface area contributed by atoms with E-state index in [9.17, 15) is 5.11 Å². The molecule has 2 fully saturated rings. The van der Waals surface area contributed by atoms with Crippen molar-refractivity contribution in [3.05, 3.63) is 42.2 Å². The average Bonchev–Trinajstić information content (AvgIpc) is 3.16. The maximum atomic E-state index is 11.2. The zero-order chi connectivity index (χ0) is 14.3.